The Labute approximate surface area is 80.0 Å². The van der Waals surface area contributed by atoms with Crippen molar-refractivity contribution in [3.8, 4) is 0 Å². The third-order valence-electron chi connectivity index (χ3n) is 1.16. The Morgan fingerprint density at radius 1 is 1.62 bits per heavy atom. The van der Waals surface area contributed by atoms with Gasteiger partial charge in [0.25, 0.3) is 5.91 Å². The molecule has 1 aromatic rings. The van der Waals surface area contributed by atoms with E-state index in [2.05, 4.69) is 20.3 Å². The van der Waals surface area contributed by atoms with Crippen molar-refractivity contribution in [1.82, 2.24) is 15.4 Å². The zero-order valence-corrected chi connectivity index (χ0v) is 7.71. The number of nitrogens with zero attached hydrogens (tertiary/aromatic N) is 2. The highest BCUT2D eigenvalue weighted by molar-refractivity contribution is 6.29. The van der Waals surface area contributed by atoms with Crippen LogP contribution in [0.3, 0.4) is 0 Å². The predicted octanol–water partition coefficient (Wildman–Crippen LogP) is 0.811. The molecule has 0 saturated carbocycles. The summed E-state index contributed by atoms with van der Waals surface area (Å²) < 4.78 is 0. The molecule has 0 aliphatic carbocycles. The largest absolute Gasteiger partial charge is 0.295 e. The van der Waals surface area contributed by atoms with Crippen LogP contribution < -0.4 is 5.48 Å². The molecule has 70 valence electrons. The van der Waals surface area contributed by atoms with Crippen LogP contribution in [0, 0.1) is 0 Å². The average Bonchev–Trinajstić information content (AvgIpc) is 2.15. The van der Waals surface area contributed by atoms with Gasteiger partial charge >= 0.3 is 0 Å². The van der Waals surface area contributed by atoms with Crippen LogP contribution in [0.25, 0.3) is 0 Å². The number of hydrogen-bond donors (Lipinski definition) is 1. The second-order valence-corrected chi connectivity index (χ2v) is 2.48. The lowest BCUT2D eigenvalue weighted by atomic mass is 10.4. The molecular weight excluding hydrogens is 194 g/mol. The monoisotopic (exact) mass is 201 g/mol. The van der Waals surface area contributed by atoms with Gasteiger partial charge in [-0.2, -0.15) is 0 Å². The van der Waals surface area contributed by atoms with E-state index >= 15 is 0 Å². The maximum Gasteiger partial charge on any atom is 0.295 e. The molecule has 1 amide bonds. The Kier molecular flexibility index (Phi) is 3.60. The van der Waals surface area contributed by atoms with E-state index in [1.54, 1.807) is 6.92 Å². The number of carbonyl (C=O) groups is 1. The van der Waals surface area contributed by atoms with Crippen molar-refractivity contribution in [2.75, 3.05) is 6.61 Å². The lowest BCUT2D eigenvalue weighted by Crippen LogP contribution is -2.24. The van der Waals surface area contributed by atoms with Gasteiger partial charge in [-0.25, -0.2) is 15.4 Å². The first kappa shape index (κ1) is 9.88. The van der Waals surface area contributed by atoms with Crippen LogP contribution >= 0.6 is 11.6 Å². The topological polar surface area (TPSA) is 64.1 Å². The van der Waals surface area contributed by atoms with Crippen molar-refractivity contribution in [3.63, 3.8) is 0 Å². The van der Waals surface area contributed by atoms with E-state index in [9.17, 15) is 4.79 Å². The third-order valence-corrected chi connectivity index (χ3v) is 1.36. The molecule has 0 aliphatic heterocycles. The van der Waals surface area contributed by atoms with Crippen LogP contribution in [0.1, 0.15) is 17.4 Å². The van der Waals surface area contributed by atoms with Crippen LogP contribution in [0.15, 0.2) is 12.4 Å². The molecule has 1 heterocycles. The highest BCUT2D eigenvalue weighted by Gasteiger charge is 2.06. The van der Waals surface area contributed by atoms with Crippen molar-refractivity contribution in [1.29, 1.82) is 0 Å². The van der Waals surface area contributed by atoms with E-state index in [1.807, 2.05) is 0 Å². The van der Waals surface area contributed by atoms with Gasteiger partial charge in [0.05, 0.1) is 19.0 Å². The van der Waals surface area contributed by atoms with Crippen LogP contribution in [0.4, 0.5) is 0 Å². The minimum Gasteiger partial charge on any atom is -0.274 e. The summed E-state index contributed by atoms with van der Waals surface area (Å²) in [4.78, 5) is 23.3. The van der Waals surface area contributed by atoms with Crippen molar-refractivity contribution in [3.05, 3.63) is 23.2 Å². The number of hydrogen-bond acceptors (Lipinski definition) is 4. The maximum atomic E-state index is 11.1. The second kappa shape index (κ2) is 4.74. The number of amides is 1. The minimum atomic E-state index is -0.439. The highest BCUT2D eigenvalue weighted by Crippen LogP contribution is 2.00. The summed E-state index contributed by atoms with van der Waals surface area (Å²) in [5.74, 6) is -0.439. The normalized spacial score (nSPS) is 9.69. The summed E-state index contributed by atoms with van der Waals surface area (Å²) in [7, 11) is 0. The maximum absolute atomic E-state index is 11.1. The molecule has 0 unspecified atom stereocenters. The summed E-state index contributed by atoms with van der Waals surface area (Å²) in [6.07, 6.45) is 2.57. The average molecular weight is 202 g/mol. The minimum absolute atomic E-state index is 0.165. The van der Waals surface area contributed by atoms with Crippen molar-refractivity contribution in [2.24, 2.45) is 0 Å². The first-order valence-corrected chi connectivity index (χ1v) is 4.01. The van der Waals surface area contributed by atoms with Gasteiger partial charge in [-0.3, -0.25) is 9.63 Å². The quantitative estimate of drug-likeness (QED) is 0.736. The lowest BCUT2D eigenvalue weighted by Gasteiger charge is -2.01. The Morgan fingerprint density at radius 2 is 2.38 bits per heavy atom. The Morgan fingerprint density at radius 3 is 2.92 bits per heavy atom. The molecule has 5 nitrogen and oxygen atoms in total. The summed E-state index contributed by atoms with van der Waals surface area (Å²) in [6.45, 7) is 2.15. The molecule has 13 heavy (non-hydrogen) atoms. The van der Waals surface area contributed by atoms with E-state index in [0.29, 0.717) is 6.61 Å². The zero-order valence-electron chi connectivity index (χ0n) is 6.95. The van der Waals surface area contributed by atoms with Gasteiger partial charge in [-0.15, -0.1) is 0 Å². The van der Waals surface area contributed by atoms with Crippen LogP contribution in [-0.2, 0) is 4.84 Å². The summed E-state index contributed by atoms with van der Waals surface area (Å²) in [6, 6.07) is 0. The highest BCUT2D eigenvalue weighted by atomic mass is 35.5. The fourth-order valence-electron chi connectivity index (χ4n) is 0.620. The van der Waals surface area contributed by atoms with Crippen LogP contribution in [0.5, 0.6) is 0 Å². The number of carbonyl (C=O) groups excluding carboxylic acids is 1. The molecular formula is C7H8ClN3O2. The summed E-state index contributed by atoms with van der Waals surface area (Å²) in [5.41, 5.74) is 2.35. The van der Waals surface area contributed by atoms with E-state index in [0.717, 1.165) is 0 Å². The van der Waals surface area contributed by atoms with Gasteiger partial charge < -0.3 is 0 Å². The van der Waals surface area contributed by atoms with Crippen LogP contribution in [-0.4, -0.2) is 22.5 Å². The van der Waals surface area contributed by atoms with Gasteiger partial charge in [0.15, 0.2) is 0 Å². The predicted molar refractivity (Wildman–Crippen MR) is 46.1 cm³/mol. The van der Waals surface area contributed by atoms with Gasteiger partial charge in [-0.1, -0.05) is 11.6 Å². The zero-order chi connectivity index (χ0) is 9.68. The Hall–Kier alpha value is -1.20. The van der Waals surface area contributed by atoms with Gasteiger partial charge in [0, 0.05) is 0 Å². The molecule has 0 atom stereocenters. The molecule has 0 spiro atoms. The lowest BCUT2D eigenvalue weighted by molar-refractivity contribution is 0.0359. The first-order valence-electron chi connectivity index (χ1n) is 3.63. The van der Waals surface area contributed by atoms with Gasteiger partial charge in [0.2, 0.25) is 0 Å². The molecule has 1 rings (SSSR count). The molecule has 0 bridgehead atoms. The molecule has 0 fully saturated rings. The Bertz CT molecular complexity index is 288. The summed E-state index contributed by atoms with van der Waals surface area (Å²) in [5, 5.41) is 0.243. The standard InChI is InChI=1S/C7H8ClN3O2/c1-2-13-11-7(12)5-3-10-6(8)4-9-5/h3-4H,2H2,1H3,(H,11,12). The fraction of sp³-hybridized carbons (Fsp3) is 0.286. The van der Waals surface area contributed by atoms with E-state index in [-0.39, 0.29) is 10.8 Å². The molecule has 6 heteroatoms. The van der Waals surface area contributed by atoms with E-state index in [4.69, 9.17) is 11.6 Å². The van der Waals surface area contributed by atoms with Crippen molar-refractivity contribution < 1.29 is 9.63 Å². The third kappa shape index (κ3) is 2.96. The molecule has 0 radical (unpaired) electrons. The SMILES string of the molecule is CCONC(=O)c1cnc(Cl)cn1. The number of halogens is 1. The number of aromatic nitrogens is 2. The van der Waals surface area contributed by atoms with Gasteiger partial charge in [-0.05, 0) is 6.92 Å². The first-order chi connectivity index (χ1) is 6.24. The van der Waals surface area contributed by atoms with E-state index < -0.39 is 5.91 Å². The van der Waals surface area contributed by atoms with Crippen molar-refractivity contribution in [2.45, 2.75) is 6.92 Å². The van der Waals surface area contributed by atoms with E-state index in [1.165, 1.54) is 12.4 Å². The molecule has 1 N–H and O–H groups in total. The smallest absolute Gasteiger partial charge is 0.274 e. The summed E-state index contributed by atoms with van der Waals surface area (Å²) >= 11 is 5.48. The number of nitrogens with one attached hydrogen (secondary N) is 1. The van der Waals surface area contributed by atoms with Gasteiger partial charge in [0.1, 0.15) is 10.8 Å². The fourth-order valence-corrected chi connectivity index (χ4v) is 0.717. The number of rotatable bonds is 3. The molecule has 0 saturated heterocycles. The van der Waals surface area contributed by atoms with Crippen molar-refractivity contribution >= 4 is 17.5 Å². The Balaban J connectivity index is 2.61. The number of hydroxylamine groups is 1. The molecule has 1 aromatic heterocycles. The second-order valence-electron chi connectivity index (χ2n) is 2.09. The van der Waals surface area contributed by atoms with Crippen LogP contribution in [0.2, 0.25) is 5.15 Å². The molecule has 0 aliphatic rings. The molecule has 0 aromatic carbocycles.